The summed E-state index contributed by atoms with van der Waals surface area (Å²) in [6.07, 6.45) is 7.02. The maximum Gasteiger partial charge on any atom is 0.231 e. The van der Waals surface area contributed by atoms with Crippen molar-refractivity contribution in [1.29, 1.82) is 5.26 Å². The Bertz CT molecular complexity index is 852. The Balaban J connectivity index is 1.49. The molecule has 1 N–H and O–H groups in total. The minimum Gasteiger partial charge on any atom is -0.337 e. The second-order valence-corrected chi connectivity index (χ2v) is 8.69. The molecule has 0 saturated heterocycles. The average molecular weight is 358 g/mol. The molecule has 4 rings (SSSR count). The van der Waals surface area contributed by atoms with Gasteiger partial charge in [0.2, 0.25) is 5.91 Å². The molecule has 1 amide bonds. The predicted octanol–water partition coefficient (Wildman–Crippen LogP) is 3.08. The molecule has 0 aliphatic heterocycles. The summed E-state index contributed by atoms with van der Waals surface area (Å²) >= 11 is 3.20. The lowest BCUT2D eigenvalue weighted by atomic mass is 9.98. The van der Waals surface area contributed by atoms with Gasteiger partial charge in [-0.15, -0.1) is 11.3 Å². The molecule has 2 aliphatic rings. The zero-order valence-corrected chi connectivity index (χ0v) is 15.1. The SMILES string of the molecule is C[C@](C#N)(NC(=O)CSc1ncnc2sc3c(c12)CCC3)C1CC1. The molecule has 2 heterocycles. The van der Waals surface area contributed by atoms with Crippen LogP contribution in [-0.4, -0.2) is 27.2 Å². The van der Waals surface area contributed by atoms with Gasteiger partial charge in [0.25, 0.3) is 0 Å². The average Bonchev–Trinajstić information content (AvgIpc) is 3.24. The number of nitriles is 1. The fraction of sp³-hybridized carbons (Fsp3) is 0.529. The zero-order chi connectivity index (χ0) is 16.7. The van der Waals surface area contributed by atoms with E-state index in [1.165, 1.54) is 28.6 Å². The third kappa shape index (κ3) is 2.78. The van der Waals surface area contributed by atoms with Crippen LogP contribution >= 0.6 is 23.1 Å². The van der Waals surface area contributed by atoms with Crippen molar-refractivity contribution >= 4 is 39.2 Å². The fourth-order valence-corrected chi connectivity index (χ4v) is 5.47. The first-order chi connectivity index (χ1) is 11.6. The van der Waals surface area contributed by atoms with E-state index in [0.29, 0.717) is 5.92 Å². The van der Waals surface area contributed by atoms with Crippen molar-refractivity contribution in [3.8, 4) is 6.07 Å². The van der Waals surface area contributed by atoms with Gasteiger partial charge in [0, 0.05) is 10.3 Å². The van der Waals surface area contributed by atoms with Crippen molar-refractivity contribution in [3.05, 3.63) is 16.8 Å². The number of nitrogens with zero attached hydrogens (tertiary/aromatic N) is 3. The van der Waals surface area contributed by atoms with Gasteiger partial charge < -0.3 is 5.32 Å². The topological polar surface area (TPSA) is 78.7 Å². The summed E-state index contributed by atoms with van der Waals surface area (Å²) in [7, 11) is 0. The lowest BCUT2D eigenvalue weighted by molar-refractivity contribution is -0.119. The molecule has 0 bridgehead atoms. The lowest BCUT2D eigenvalue weighted by Gasteiger charge is -2.22. The number of thiophene rings is 1. The molecule has 0 radical (unpaired) electrons. The molecular formula is C17H18N4OS2. The first-order valence-electron chi connectivity index (χ1n) is 8.21. The van der Waals surface area contributed by atoms with E-state index in [0.717, 1.165) is 40.9 Å². The van der Waals surface area contributed by atoms with Gasteiger partial charge >= 0.3 is 0 Å². The predicted molar refractivity (Wildman–Crippen MR) is 95.0 cm³/mol. The van der Waals surface area contributed by atoms with Gasteiger partial charge in [-0.2, -0.15) is 5.26 Å². The second kappa shape index (κ2) is 6.01. The zero-order valence-electron chi connectivity index (χ0n) is 13.5. The van der Waals surface area contributed by atoms with E-state index in [9.17, 15) is 10.1 Å². The minimum atomic E-state index is -0.734. The third-order valence-corrected chi connectivity index (χ3v) is 7.02. The number of carbonyl (C=O) groups is 1. The molecule has 24 heavy (non-hydrogen) atoms. The summed E-state index contributed by atoms with van der Waals surface area (Å²) in [5.41, 5.74) is 0.640. The molecule has 1 atom stereocenters. The second-order valence-electron chi connectivity index (χ2n) is 6.64. The van der Waals surface area contributed by atoms with Crippen LogP contribution in [0.15, 0.2) is 11.4 Å². The van der Waals surface area contributed by atoms with Crippen LogP contribution in [0.2, 0.25) is 0 Å². The van der Waals surface area contributed by atoms with Gasteiger partial charge in [0.1, 0.15) is 21.7 Å². The summed E-state index contributed by atoms with van der Waals surface area (Å²) in [6.45, 7) is 1.82. The number of hydrogen-bond acceptors (Lipinski definition) is 6. The van der Waals surface area contributed by atoms with Crippen LogP contribution in [0.4, 0.5) is 0 Å². The maximum atomic E-state index is 12.3. The molecule has 5 nitrogen and oxygen atoms in total. The van der Waals surface area contributed by atoms with Crippen molar-refractivity contribution in [3.63, 3.8) is 0 Å². The van der Waals surface area contributed by atoms with Crippen molar-refractivity contribution in [2.75, 3.05) is 5.75 Å². The van der Waals surface area contributed by atoms with E-state index in [4.69, 9.17) is 0 Å². The van der Waals surface area contributed by atoms with Crippen molar-refractivity contribution in [2.24, 2.45) is 5.92 Å². The molecule has 1 fully saturated rings. The highest BCUT2D eigenvalue weighted by Crippen LogP contribution is 2.41. The van der Waals surface area contributed by atoms with Crippen molar-refractivity contribution in [1.82, 2.24) is 15.3 Å². The molecule has 0 aromatic carbocycles. The van der Waals surface area contributed by atoms with Crippen molar-refractivity contribution < 1.29 is 4.79 Å². The number of aromatic nitrogens is 2. The monoisotopic (exact) mass is 358 g/mol. The third-order valence-electron chi connectivity index (χ3n) is 4.83. The van der Waals surface area contributed by atoms with Gasteiger partial charge in [-0.1, -0.05) is 11.8 Å². The Labute approximate surface area is 148 Å². The lowest BCUT2D eigenvalue weighted by Crippen LogP contribution is -2.47. The van der Waals surface area contributed by atoms with E-state index in [-0.39, 0.29) is 11.7 Å². The molecule has 2 aromatic heterocycles. The molecule has 1 saturated carbocycles. The summed E-state index contributed by atoms with van der Waals surface area (Å²) in [6, 6.07) is 2.26. The number of rotatable bonds is 5. The molecular weight excluding hydrogens is 340 g/mol. The quantitative estimate of drug-likeness (QED) is 0.656. The molecule has 0 unspecified atom stereocenters. The summed E-state index contributed by atoms with van der Waals surface area (Å²) < 4.78 is 0. The van der Waals surface area contributed by atoms with Gasteiger partial charge in [-0.25, -0.2) is 9.97 Å². The number of fused-ring (bicyclic) bond motifs is 3. The standard InChI is InChI=1S/C17H18N4OS2/c1-17(8-18,10-5-6-10)21-13(22)7-23-15-14-11-3-2-4-12(11)24-16(14)20-9-19-15/h9-10H,2-7H2,1H3,(H,21,22)/t17-/m1/s1. The van der Waals surface area contributed by atoms with E-state index < -0.39 is 5.54 Å². The minimum absolute atomic E-state index is 0.102. The van der Waals surface area contributed by atoms with Crippen LogP contribution in [-0.2, 0) is 17.6 Å². The van der Waals surface area contributed by atoms with Crippen LogP contribution in [0.25, 0.3) is 10.2 Å². The summed E-state index contributed by atoms with van der Waals surface area (Å²) in [5, 5.41) is 14.3. The van der Waals surface area contributed by atoms with Crippen LogP contribution in [0.1, 0.15) is 36.6 Å². The fourth-order valence-electron chi connectivity index (χ4n) is 3.35. The summed E-state index contributed by atoms with van der Waals surface area (Å²) in [4.78, 5) is 23.5. The highest BCUT2D eigenvalue weighted by Gasteiger charge is 2.42. The van der Waals surface area contributed by atoms with Gasteiger partial charge in [0.05, 0.1) is 11.8 Å². The number of amides is 1. The van der Waals surface area contributed by atoms with E-state index in [2.05, 4.69) is 21.4 Å². The van der Waals surface area contributed by atoms with Gasteiger partial charge in [-0.05, 0) is 50.5 Å². The highest BCUT2D eigenvalue weighted by molar-refractivity contribution is 8.00. The Kier molecular flexibility index (Phi) is 3.97. The van der Waals surface area contributed by atoms with Crippen LogP contribution in [0, 0.1) is 17.2 Å². The molecule has 2 aromatic rings. The Morgan fingerprint density at radius 1 is 1.50 bits per heavy atom. The number of thioether (sulfide) groups is 1. The number of aryl methyl sites for hydroxylation is 2. The molecule has 124 valence electrons. The molecule has 7 heteroatoms. The highest BCUT2D eigenvalue weighted by atomic mass is 32.2. The van der Waals surface area contributed by atoms with Crippen LogP contribution in [0.5, 0.6) is 0 Å². The Hall–Kier alpha value is -1.65. The number of hydrogen-bond donors (Lipinski definition) is 1. The Morgan fingerprint density at radius 2 is 2.33 bits per heavy atom. The largest absolute Gasteiger partial charge is 0.337 e. The van der Waals surface area contributed by atoms with E-state index in [1.807, 2.05) is 6.92 Å². The van der Waals surface area contributed by atoms with E-state index in [1.54, 1.807) is 17.7 Å². The van der Waals surface area contributed by atoms with E-state index >= 15 is 0 Å². The first-order valence-corrected chi connectivity index (χ1v) is 10.0. The molecule has 2 aliphatic carbocycles. The smallest absolute Gasteiger partial charge is 0.231 e. The normalized spacial score (nSPS) is 18.8. The molecule has 0 spiro atoms. The summed E-state index contributed by atoms with van der Waals surface area (Å²) in [5.74, 6) is 0.470. The van der Waals surface area contributed by atoms with Gasteiger partial charge in [-0.3, -0.25) is 4.79 Å². The number of nitrogens with one attached hydrogen (secondary N) is 1. The Morgan fingerprint density at radius 3 is 3.08 bits per heavy atom. The van der Waals surface area contributed by atoms with Crippen LogP contribution < -0.4 is 5.32 Å². The number of carbonyl (C=O) groups excluding carboxylic acids is 1. The van der Waals surface area contributed by atoms with Gasteiger partial charge in [0.15, 0.2) is 0 Å². The van der Waals surface area contributed by atoms with Crippen molar-refractivity contribution in [2.45, 2.75) is 49.6 Å². The first kappa shape index (κ1) is 15.9. The maximum absolute atomic E-state index is 12.3. The van der Waals surface area contributed by atoms with Crippen LogP contribution in [0.3, 0.4) is 0 Å².